The van der Waals surface area contributed by atoms with Gasteiger partial charge in [-0.3, -0.25) is 9.78 Å². The molecule has 4 nitrogen and oxygen atoms in total. The zero-order valence-electron chi connectivity index (χ0n) is 15.3. The second-order valence-electron chi connectivity index (χ2n) is 6.89. The molecule has 1 heterocycles. The van der Waals surface area contributed by atoms with Crippen molar-refractivity contribution in [3.63, 3.8) is 0 Å². The van der Waals surface area contributed by atoms with E-state index in [2.05, 4.69) is 10.3 Å². The van der Waals surface area contributed by atoms with Crippen LogP contribution in [-0.4, -0.2) is 28.0 Å². The van der Waals surface area contributed by atoms with E-state index < -0.39 is 17.2 Å². The summed E-state index contributed by atoms with van der Waals surface area (Å²) < 4.78 is 15.9. The van der Waals surface area contributed by atoms with Crippen molar-refractivity contribution in [1.29, 1.82) is 0 Å². The summed E-state index contributed by atoms with van der Waals surface area (Å²) in [5.41, 5.74) is -2.47. The van der Waals surface area contributed by atoms with E-state index in [-0.39, 0.29) is 30.6 Å². The molecule has 0 unspecified atom stereocenters. The topological polar surface area (TPSA) is 62.2 Å². The molecule has 0 aliphatic heterocycles. The van der Waals surface area contributed by atoms with Gasteiger partial charge in [-0.1, -0.05) is 35.3 Å². The summed E-state index contributed by atoms with van der Waals surface area (Å²) in [4.78, 5) is 17.0. The quantitative estimate of drug-likeness (QED) is 0.685. The average Bonchev–Trinajstić information content (AvgIpc) is 2.69. The van der Waals surface area contributed by atoms with Crippen LogP contribution in [0.2, 0.25) is 10.0 Å². The maximum absolute atomic E-state index is 15.9. The van der Waals surface area contributed by atoms with Gasteiger partial charge >= 0.3 is 0 Å². The molecule has 1 aliphatic carbocycles. The lowest BCUT2D eigenvalue weighted by molar-refractivity contribution is -0.137. The van der Waals surface area contributed by atoms with Crippen LogP contribution in [0.25, 0.3) is 0 Å². The average molecular weight is 443 g/mol. The molecule has 0 radical (unpaired) electrons. The van der Waals surface area contributed by atoms with Gasteiger partial charge in [0.1, 0.15) is 5.60 Å². The Balaban J connectivity index is 1.84. The van der Waals surface area contributed by atoms with Gasteiger partial charge in [-0.2, -0.15) is 11.8 Å². The zero-order chi connectivity index (χ0) is 20.4. The highest BCUT2D eigenvalue weighted by Gasteiger charge is 2.51. The van der Waals surface area contributed by atoms with Crippen LogP contribution in [0, 0.1) is 0 Å². The minimum absolute atomic E-state index is 0.0762. The van der Waals surface area contributed by atoms with Gasteiger partial charge in [-0.15, -0.1) is 0 Å². The van der Waals surface area contributed by atoms with Crippen molar-refractivity contribution in [3.05, 3.63) is 63.4 Å². The Morgan fingerprint density at radius 3 is 2.86 bits per heavy atom. The number of halogens is 3. The van der Waals surface area contributed by atoms with Crippen molar-refractivity contribution in [3.8, 4) is 0 Å². The third kappa shape index (κ3) is 4.15. The summed E-state index contributed by atoms with van der Waals surface area (Å²) in [5, 5.41) is 14.5. The number of nitrogens with zero attached hydrogens (tertiary/aromatic N) is 1. The number of fused-ring (bicyclic) bond motifs is 1. The lowest BCUT2D eigenvalue weighted by Crippen LogP contribution is -2.48. The van der Waals surface area contributed by atoms with Crippen LogP contribution in [0.15, 0.2) is 36.5 Å². The van der Waals surface area contributed by atoms with Crippen LogP contribution < -0.4 is 5.32 Å². The number of aromatic nitrogens is 1. The third-order valence-corrected chi connectivity index (χ3v) is 6.29. The number of aliphatic hydroxyl groups is 1. The van der Waals surface area contributed by atoms with Gasteiger partial charge in [0.15, 0.2) is 0 Å². The molecule has 0 saturated heterocycles. The number of hydrogen-bond acceptors (Lipinski definition) is 4. The summed E-state index contributed by atoms with van der Waals surface area (Å²) in [6.07, 6.45) is 3.93. The highest BCUT2D eigenvalue weighted by molar-refractivity contribution is 7.98. The lowest BCUT2D eigenvalue weighted by Gasteiger charge is -2.39. The first-order valence-corrected chi connectivity index (χ1v) is 11.0. The molecule has 0 fully saturated rings. The summed E-state index contributed by atoms with van der Waals surface area (Å²) in [6.45, 7) is 0.0762. The molecule has 2 N–H and O–H groups in total. The fraction of sp³-hybridized carbons (Fsp3) is 0.400. The number of benzene rings is 1. The molecule has 0 spiro atoms. The van der Waals surface area contributed by atoms with Crippen LogP contribution >= 0.6 is 35.0 Å². The Kier molecular flexibility index (Phi) is 6.54. The number of carbonyl (C=O) groups is 1. The first kappa shape index (κ1) is 21.4. The molecule has 2 aromatic rings. The standard InChI is InChI=1S/C20H21Cl2FN2O2S/c1-28-10-8-19(27)6-7-20(23,15-3-2-9-24-17(15)19)18(26)25-12-13-4-5-14(21)11-16(13)22/h2-5,9,11,27H,6-8,10,12H2,1H3,(H,25,26)/t19-,20-/m0/s1. The maximum atomic E-state index is 15.9. The number of rotatable bonds is 6. The van der Waals surface area contributed by atoms with E-state index in [1.807, 2.05) is 6.26 Å². The van der Waals surface area contributed by atoms with Crippen LogP contribution in [0.4, 0.5) is 4.39 Å². The van der Waals surface area contributed by atoms with E-state index in [0.717, 1.165) is 0 Å². The summed E-state index contributed by atoms with van der Waals surface area (Å²) in [7, 11) is 0. The second-order valence-corrected chi connectivity index (χ2v) is 8.72. The van der Waals surface area contributed by atoms with E-state index in [1.54, 1.807) is 36.0 Å². The van der Waals surface area contributed by atoms with Crippen LogP contribution in [0.3, 0.4) is 0 Å². The van der Waals surface area contributed by atoms with Crippen LogP contribution in [0.5, 0.6) is 0 Å². The SMILES string of the molecule is CSCC[C@@]1(O)CC[C@@](F)(C(=O)NCc2ccc(Cl)cc2Cl)c2cccnc21. The monoisotopic (exact) mass is 442 g/mol. The van der Waals surface area contributed by atoms with Crippen molar-refractivity contribution in [2.24, 2.45) is 0 Å². The van der Waals surface area contributed by atoms with Crippen molar-refractivity contribution in [2.45, 2.75) is 37.1 Å². The van der Waals surface area contributed by atoms with E-state index in [0.29, 0.717) is 27.8 Å². The smallest absolute Gasteiger partial charge is 0.262 e. The number of thioether (sulfide) groups is 1. The van der Waals surface area contributed by atoms with E-state index in [4.69, 9.17) is 23.2 Å². The Bertz CT molecular complexity index is 885. The molecule has 150 valence electrons. The predicted molar refractivity (Wildman–Crippen MR) is 111 cm³/mol. The van der Waals surface area contributed by atoms with E-state index >= 15 is 4.39 Å². The Morgan fingerprint density at radius 2 is 2.14 bits per heavy atom. The molecule has 8 heteroatoms. The van der Waals surface area contributed by atoms with Gasteiger partial charge in [-0.05, 0) is 55.0 Å². The van der Waals surface area contributed by atoms with Crippen molar-refractivity contribution in [1.82, 2.24) is 10.3 Å². The van der Waals surface area contributed by atoms with Crippen LogP contribution in [-0.2, 0) is 22.6 Å². The van der Waals surface area contributed by atoms with E-state index in [9.17, 15) is 9.90 Å². The van der Waals surface area contributed by atoms with Crippen LogP contribution in [0.1, 0.15) is 36.1 Å². The van der Waals surface area contributed by atoms with Gasteiger partial charge in [-0.25, -0.2) is 4.39 Å². The predicted octanol–water partition coefficient (Wildman–Crippen LogP) is 4.60. The van der Waals surface area contributed by atoms with Gasteiger partial charge in [0.2, 0.25) is 5.67 Å². The molecule has 1 aromatic carbocycles. The molecular formula is C20H21Cl2FN2O2S. The Hall–Kier alpha value is -1.34. The number of pyridine rings is 1. The number of alkyl halides is 1. The molecular weight excluding hydrogens is 422 g/mol. The molecule has 0 saturated carbocycles. The fourth-order valence-electron chi connectivity index (χ4n) is 3.46. The molecule has 1 aromatic heterocycles. The molecule has 3 rings (SSSR count). The Labute approximate surface area is 177 Å². The van der Waals surface area contributed by atoms with Crippen molar-refractivity contribution in [2.75, 3.05) is 12.0 Å². The Morgan fingerprint density at radius 1 is 1.36 bits per heavy atom. The number of carbonyl (C=O) groups excluding carboxylic acids is 1. The fourth-order valence-corrected chi connectivity index (χ4v) is 4.48. The molecule has 28 heavy (non-hydrogen) atoms. The lowest BCUT2D eigenvalue weighted by atomic mass is 9.73. The number of amides is 1. The van der Waals surface area contributed by atoms with Gasteiger partial charge in [0.25, 0.3) is 5.91 Å². The first-order valence-electron chi connectivity index (χ1n) is 8.88. The summed E-state index contributed by atoms with van der Waals surface area (Å²) >= 11 is 13.6. The first-order chi connectivity index (χ1) is 13.3. The number of hydrogen-bond donors (Lipinski definition) is 2. The zero-order valence-corrected chi connectivity index (χ0v) is 17.7. The largest absolute Gasteiger partial charge is 0.384 e. The highest BCUT2D eigenvalue weighted by Crippen LogP contribution is 2.47. The molecule has 0 bridgehead atoms. The number of nitrogens with one attached hydrogen (secondary N) is 1. The normalized spacial score (nSPS) is 23.9. The van der Waals surface area contributed by atoms with E-state index in [1.165, 1.54) is 12.3 Å². The minimum atomic E-state index is -2.26. The van der Waals surface area contributed by atoms with Gasteiger partial charge in [0, 0.05) is 28.4 Å². The second kappa shape index (κ2) is 8.57. The highest BCUT2D eigenvalue weighted by atomic mass is 35.5. The van der Waals surface area contributed by atoms with Crippen molar-refractivity contribution >= 4 is 40.9 Å². The third-order valence-electron chi connectivity index (χ3n) is 5.09. The summed E-state index contributed by atoms with van der Waals surface area (Å²) in [6, 6.07) is 8.03. The van der Waals surface area contributed by atoms with Gasteiger partial charge in [0.05, 0.1) is 5.69 Å². The van der Waals surface area contributed by atoms with Crippen molar-refractivity contribution < 1.29 is 14.3 Å². The molecule has 2 atom stereocenters. The van der Waals surface area contributed by atoms with Gasteiger partial charge < -0.3 is 10.4 Å². The molecule has 1 aliphatic rings. The maximum Gasteiger partial charge on any atom is 0.262 e. The summed E-state index contributed by atoms with van der Waals surface area (Å²) in [5.74, 6) is -0.0488. The minimum Gasteiger partial charge on any atom is -0.384 e. The molecule has 1 amide bonds.